The van der Waals surface area contributed by atoms with Gasteiger partial charge in [-0.2, -0.15) is 0 Å². The molecule has 2 aliphatic carbocycles. The van der Waals surface area contributed by atoms with Gasteiger partial charge in [-0.05, 0) is 221 Å². The van der Waals surface area contributed by atoms with Crippen molar-refractivity contribution >= 4 is 131 Å². The Labute approximate surface area is 717 Å². The molecular formula is C116H76N4S2. The highest BCUT2D eigenvalue weighted by atomic mass is 32.1. The number of anilines is 12. The molecule has 0 atom stereocenters. The standard InChI is InChI=1S/C61H40N2S.C55H36N2S/c1-4-18-41(19-5-1)42-34-37-46(38-35-42)62(44-20-6-2-7-21-44)58-33-17-27-51-50-26-16-25-47(59(50)64-60(51)58)43-36-39-49-48-24-10-11-28-52(48)61(55(49)40-43)53-29-12-14-31-56(53)63(45-22-8-3-9-23-45)57-32-15-13-30-54(57)61;1-4-18-38(19-5-1)56(39-20-6-2-7-21-39)52-33-17-27-45-44-26-16-25-41(53(44)58-54(45)52)37-34-35-43-42-24-10-11-28-46(42)55(49(43)36-37)47-29-12-14-31-50(47)57(40-22-8-3-9-23-40)51-32-15-13-30-48(51)55/h1-40H;1-36H. The highest BCUT2D eigenvalue weighted by Gasteiger charge is 2.54. The van der Waals surface area contributed by atoms with Crippen LogP contribution in [0.4, 0.5) is 68.2 Å². The number of rotatable bonds is 11. The fourth-order valence-corrected chi connectivity index (χ4v) is 23.4. The molecule has 25 rings (SSSR count). The molecule has 0 amide bonds. The number of para-hydroxylation sites is 9. The zero-order valence-electron chi connectivity index (χ0n) is 66.5. The summed E-state index contributed by atoms with van der Waals surface area (Å²) in [5.41, 5.74) is 36.1. The van der Waals surface area contributed by atoms with Crippen LogP contribution in [0.5, 0.6) is 0 Å². The second kappa shape index (κ2) is 28.8. The van der Waals surface area contributed by atoms with Crippen molar-refractivity contribution in [3.63, 3.8) is 0 Å². The van der Waals surface area contributed by atoms with Crippen molar-refractivity contribution in [1.82, 2.24) is 0 Å². The molecule has 2 aromatic heterocycles. The third-order valence-electron chi connectivity index (χ3n) is 25.7. The predicted molar refractivity (Wildman–Crippen MR) is 515 cm³/mol. The van der Waals surface area contributed by atoms with Crippen LogP contribution in [0.1, 0.15) is 44.5 Å². The molecule has 2 aliphatic heterocycles. The molecule has 0 N–H and O–H groups in total. The average molecular weight is 1590 g/mol. The van der Waals surface area contributed by atoms with Gasteiger partial charge in [-0.3, -0.25) is 0 Å². The summed E-state index contributed by atoms with van der Waals surface area (Å²) in [6, 6.07) is 170. The van der Waals surface area contributed by atoms with Crippen LogP contribution in [0.3, 0.4) is 0 Å². The third-order valence-corrected chi connectivity index (χ3v) is 28.3. The van der Waals surface area contributed by atoms with Crippen molar-refractivity contribution in [3.05, 3.63) is 506 Å². The number of fused-ring (bicyclic) bond motifs is 24. The van der Waals surface area contributed by atoms with E-state index in [1.807, 2.05) is 22.7 Å². The molecule has 21 aromatic rings. The third kappa shape index (κ3) is 10.8. The molecule has 572 valence electrons. The molecule has 2 spiro atoms. The molecule has 0 saturated carbocycles. The molecule has 0 bridgehead atoms. The summed E-state index contributed by atoms with van der Waals surface area (Å²) in [5.74, 6) is 0. The summed E-state index contributed by atoms with van der Waals surface area (Å²) in [7, 11) is 0. The smallest absolute Gasteiger partial charge is 0.0754 e. The van der Waals surface area contributed by atoms with Gasteiger partial charge in [0.05, 0.1) is 54.4 Å². The van der Waals surface area contributed by atoms with Gasteiger partial charge in [0.1, 0.15) is 0 Å². The normalized spacial score (nSPS) is 13.2. The SMILES string of the molecule is c1ccc(-c2ccc(N(c3ccccc3)c3cccc4c3sc3c(-c5ccc6c(c5)C5(c7ccccc7-6)c6ccccc6N(c6ccccc6)c6ccccc65)cccc34)cc2)cc1.c1ccc(N2c3ccccc3C3(c4ccccc4-c4ccc(-c5cccc6c5sc5c(N(c7ccccc7)c7ccccc7)cccc56)cc43)c3ccccc32)cc1. The van der Waals surface area contributed by atoms with E-state index in [2.05, 4.69) is 481 Å². The van der Waals surface area contributed by atoms with Crippen LogP contribution < -0.4 is 19.6 Å². The number of benzene rings is 19. The van der Waals surface area contributed by atoms with Crippen molar-refractivity contribution in [1.29, 1.82) is 0 Å². The van der Waals surface area contributed by atoms with E-state index in [4.69, 9.17) is 0 Å². The summed E-state index contributed by atoms with van der Waals surface area (Å²) in [4.78, 5) is 9.71. The lowest BCUT2D eigenvalue weighted by atomic mass is 9.64. The van der Waals surface area contributed by atoms with Gasteiger partial charge in [-0.25, -0.2) is 0 Å². The molecule has 122 heavy (non-hydrogen) atoms. The van der Waals surface area contributed by atoms with Crippen LogP contribution in [0.2, 0.25) is 0 Å². The predicted octanol–water partition coefficient (Wildman–Crippen LogP) is 32.3. The van der Waals surface area contributed by atoms with E-state index in [-0.39, 0.29) is 0 Å². The zero-order chi connectivity index (χ0) is 80.4. The first-order chi connectivity index (χ1) is 60.6. The van der Waals surface area contributed by atoms with Crippen molar-refractivity contribution in [2.24, 2.45) is 0 Å². The second-order valence-electron chi connectivity index (χ2n) is 32.0. The number of hydrogen-bond donors (Lipinski definition) is 0. The van der Waals surface area contributed by atoms with Gasteiger partial charge in [0.25, 0.3) is 0 Å². The van der Waals surface area contributed by atoms with E-state index in [0.29, 0.717) is 0 Å². The van der Waals surface area contributed by atoms with Gasteiger partial charge in [0, 0.05) is 65.1 Å². The molecule has 0 saturated heterocycles. The Balaban J connectivity index is 0.000000139. The fraction of sp³-hybridized carbons (Fsp3) is 0.0172. The van der Waals surface area contributed by atoms with E-state index in [9.17, 15) is 0 Å². The van der Waals surface area contributed by atoms with Crippen LogP contribution in [0.15, 0.2) is 461 Å². The monoisotopic (exact) mass is 1590 g/mol. The molecule has 0 fully saturated rings. The topological polar surface area (TPSA) is 13.0 Å². The minimum Gasteiger partial charge on any atom is -0.310 e. The van der Waals surface area contributed by atoms with Crippen LogP contribution >= 0.6 is 22.7 Å². The maximum atomic E-state index is 2.52. The van der Waals surface area contributed by atoms with Gasteiger partial charge >= 0.3 is 0 Å². The van der Waals surface area contributed by atoms with Gasteiger partial charge in [0.15, 0.2) is 0 Å². The van der Waals surface area contributed by atoms with Crippen molar-refractivity contribution in [2.75, 3.05) is 19.6 Å². The largest absolute Gasteiger partial charge is 0.310 e. The minimum absolute atomic E-state index is 0.506. The lowest BCUT2D eigenvalue weighted by Gasteiger charge is -2.45. The molecule has 4 aliphatic rings. The Hall–Kier alpha value is -15.2. The van der Waals surface area contributed by atoms with E-state index >= 15 is 0 Å². The first-order valence-corrected chi connectivity index (χ1v) is 43.6. The molecule has 0 radical (unpaired) electrons. The number of thiophene rings is 2. The summed E-state index contributed by atoms with van der Waals surface area (Å²) in [5, 5.41) is 5.10. The Kier molecular flexibility index (Phi) is 16.8. The molecule has 4 heterocycles. The van der Waals surface area contributed by atoms with E-state index < -0.39 is 10.8 Å². The summed E-state index contributed by atoms with van der Waals surface area (Å²) < 4.78 is 5.14. The zero-order valence-corrected chi connectivity index (χ0v) is 68.1. The lowest BCUT2D eigenvalue weighted by molar-refractivity contribution is 0.753. The second-order valence-corrected chi connectivity index (χ2v) is 34.0. The van der Waals surface area contributed by atoms with E-state index in [1.165, 1.54) is 175 Å². The Morgan fingerprint density at radius 3 is 0.828 bits per heavy atom. The van der Waals surface area contributed by atoms with E-state index in [1.54, 1.807) is 0 Å². The van der Waals surface area contributed by atoms with Crippen molar-refractivity contribution < 1.29 is 0 Å². The highest BCUT2D eigenvalue weighted by molar-refractivity contribution is 7.27. The Morgan fingerprint density at radius 2 is 0.451 bits per heavy atom. The summed E-state index contributed by atoms with van der Waals surface area (Å²) >= 11 is 3.80. The first-order valence-electron chi connectivity index (χ1n) is 42.0. The van der Waals surface area contributed by atoms with Gasteiger partial charge < -0.3 is 19.6 Å². The average Bonchev–Trinajstić information content (AvgIpc) is 1.50. The van der Waals surface area contributed by atoms with Crippen LogP contribution in [0, 0.1) is 0 Å². The fourth-order valence-electron chi connectivity index (χ4n) is 20.7. The molecule has 6 heteroatoms. The highest BCUT2D eigenvalue weighted by Crippen LogP contribution is 2.67. The van der Waals surface area contributed by atoms with Crippen molar-refractivity contribution in [2.45, 2.75) is 10.8 Å². The van der Waals surface area contributed by atoms with E-state index in [0.717, 1.165) is 34.1 Å². The van der Waals surface area contributed by atoms with Crippen molar-refractivity contribution in [3.8, 4) is 55.6 Å². The lowest BCUT2D eigenvalue weighted by Crippen LogP contribution is -2.36. The quantitative estimate of drug-likeness (QED) is 0.128. The maximum absolute atomic E-state index is 2.52. The first kappa shape index (κ1) is 71.0. The minimum atomic E-state index is -0.520. The Morgan fingerprint density at radius 1 is 0.180 bits per heavy atom. The molecule has 19 aromatic carbocycles. The maximum Gasteiger partial charge on any atom is 0.0754 e. The number of nitrogens with zero attached hydrogens (tertiary/aromatic N) is 4. The molecule has 4 nitrogen and oxygen atoms in total. The molecule has 0 unspecified atom stereocenters. The summed E-state index contributed by atoms with van der Waals surface area (Å²) in [6.45, 7) is 0. The summed E-state index contributed by atoms with van der Waals surface area (Å²) in [6.07, 6.45) is 0. The van der Waals surface area contributed by atoms with Crippen LogP contribution in [-0.4, -0.2) is 0 Å². The molecular weight excluding hydrogens is 1510 g/mol. The number of hydrogen-bond acceptors (Lipinski definition) is 6. The van der Waals surface area contributed by atoms with Crippen LogP contribution in [0.25, 0.3) is 96.0 Å². The van der Waals surface area contributed by atoms with Crippen LogP contribution in [-0.2, 0) is 10.8 Å². The Bertz CT molecular complexity index is 7520. The van der Waals surface area contributed by atoms with Gasteiger partial charge in [0.2, 0.25) is 0 Å². The van der Waals surface area contributed by atoms with Gasteiger partial charge in [-0.15, -0.1) is 22.7 Å². The van der Waals surface area contributed by atoms with Gasteiger partial charge in [-0.1, -0.05) is 340 Å².